The zero-order valence-corrected chi connectivity index (χ0v) is 19.6. The Morgan fingerprint density at radius 1 is 1.11 bits per heavy atom. The molecule has 2 fully saturated rings. The number of ether oxygens (including phenoxy) is 2. The Bertz CT molecular complexity index is 1370. The van der Waals surface area contributed by atoms with Gasteiger partial charge in [0.25, 0.3) is 5.95 Å². The van der Waals surface area contributed by atoms with Gasteiger partial charge in [-0.3, -0.25) is 4.57 Å². The Balaban J connectivity index is 1.43. The summed E-state index contributed by atoms with van der Waals surface area (Å²) in [5.74, 6) is 0.805. The minimum atomic E-state index is -1.27. The number of rotatable bonds is 6. The van der Waals surface area contributed by atoms with Crippen LogP contribution >= 0.6 is 0 Å². The fraction of sp³-hybridized carbons (Fsp3) is 0.417. The van der Waals surface area contributed by atoms with Gasteiger partial charge in [0.2, 0.25) is 0 Å². The summed E-state index contributed by atoms with van der Waals surface area (Å²) in [5, 5.41) is 38.3. The quantitative estimate of drug-likeness (QED) is 0.303. The number of nitrogens with zero attached hydrogens (tertiary/aromatic N) is 6. The van der Waals surface area contributed by atoms with Gasteiger partial charge < -0.3 is 30.1 Å². The molecule has 0 bridgehead atoms. The molecule has 12 nitrogen and oxygen atoms in total. The van der Waals surface area contributed by atoms with Crippen LogP contribution in [0.3, 0.4) is 0 Å². The lowest BCUT2D eigenvalue weighted by atomic mass is 10.1. The van der Waals surface area contributed by atoms with Crippen molar-refractivity contribution in [3.63, 3.8) is 0 Å². The van der Waals surface area contributed by atoms with E-state index in [0.717, 1.165) is 17.5 Å². The zero-order chi connectivity index (χ0) is 24.8. The van der Waals surface area contributed by atoms with Crippen LogP contribution < -0.4 is 5.32 Å². The van der Waals surface area contributed by atoms with Crippen molar-refractivity contribution in [2.24, 2.45) is 0 Å². The van der Waals surface area contributed by atoms with Gasteiger partial charge in [0.15, 0.2) is 23.2 Å². The van der Waals surface area contributed by atoms with Crippen molar-refractivity contribution in [3.8, 4) is 17.1 Å². The second-order valence-electron chi connectivity index (χ2n) is 9.17. The molecule has 5 unspecified atom stereocenters. The Kier molecular flexibility index (Phi) is 5.90. The first-order chi connectivity index (χ1) is 17.5. The first kappa shape index (κ1) is 23.0. The molecule has 3 aromatic heterocycles. The van der Waals surface area contributed by atoms with Gasteiger partial charge in [0.05, 0.1) is 31.8 Å². The number of imidazole rings is 1. The fourth-order valence-corrected chi connectivity index (χ4v) is 4.57. The van der Waals surface area contributed by atoms with Crippen LogP contribution in [0.25, 0.3) is 28.2 Å². The van der Waals surface area contributed by atoms with Gasteiger partial charge in [0.1, 0.15) is 18.3 Å². The minimum absolute atomic E-state index is 0.0655. The van der Waals surface area contributed by atoms with Crippen molar-refractivity contribution < 1.29 is 24.8 Å². The van der Waals surface area contributed by atoms with Gasteiger partial charge in [-0.1, -0.05) is 29.8 Å². The SMILES string of the molecule is Cc1ccc(-c2cnn(-c3nc(NC4CCOC4)c4ncn(C5OC(CO)C(O)C5O)c4n3)c2)cc1. The number of aromatic nitrogens is 6. The average Bonchev–Trinajstić information content (AvgIpc) is 3.68. The minimum Gasteiger partial charge on any atom is -0.394 e. The van der Waals surface area contributed by atoms with Crippen molar-refractivity contribution in [1.29, 1.82) is 0 Å². The van der Waals surface area contributed by atoms with Crippen molar-refractivity contribution in [2.45, 2.75) is 43.9 Å². The van der Waals surface area contributed by atoms with Crippen molar-refractivity contribution in [1.82, 2.24) is 29.3 Å². The third kappa shape index (κ3) is 4.02. The molecule has 36 heavy (non-hydrogen) atoms. The molecule has 5 atom stereocenters. The number of aryl methyl sites for hydroxylation is 1. The van der Waals surface area contributed by atoms with Crippen LogP contribution in [0.1, 0.15) is 18.2 Å². The monoisotopic (exact) mass is 493 g/mol. The van der Waals surface area contributed by atoms with Crippen LogP contribution in [-0.4, -0.2) is 88.8 Å². The van der Waals surface area contributed by atoms with Crippen LogP contribution in [0.15, 0.2) is 43.0 Å². The predicted molar refractivity (Wildman–Crippen MR) is 128 cm³/mol. The molecule has 4 N–H and O–H groups in total. The molecular formula is C24H27N7O5. The highest BCUT2D eigenvalue weighted by Crippen LogP contribution is 2.33. The van der Waals surface area contributed by atoms with E-state index in [1.165, 1.54) is 11.9 Å². The number of hydrogen-bond donors (Lipinski definition) is 4. The molecule has 188 valence electrons. The zero-order valence-electron chi connectivity index (χ0n) is 19.6. The van der Waals surface area contributed by atoms with E-state index in [4.69, 9.17) is 19.4 Å². The number of benzene rings is 1. The molecule has 0 amide bonds. The molecule has 6 rings (SSSR count). The van der Waals surface area contributed by atoms with E-state index < -0.39 is 31.1 Å². The molecule has 0 radical (unpaired) electrons. The molecule has 1 aromatic carbocycles. The van der Waals surface area contributed by atoms with Gasteiger partial charge in [0, 0.05) is 18.4 Å². The fourth-order valence-electron chi connectivity index (χ4n) is 4.57. The summed E-state index contributed by atoms with van der Waals surface area (Å²) in [6.45, 7) is 2.83. The molecule has 4 aromatic rings. The second kappa shape index (κ2) is 9.22. The van der Waals surface area contributed by atoms with Gasteiger partial charge >= 0.3 is 0 Å². The standard InChI is InChI=1S/C24H27N7O5/c1-13-2-4-14(5-3-13)15-8-26-31(9-15)24-28-21(27-16-6-7-35-11-16)18-22(29-24)30(12-25-18)23-20(34)19(33)17(10-32)36-23/h2-5,8-9,12,16-17,19-20,23,32-34H,6-7,10-11H2,1H3,(H,27,28,29). The molecule has 5 heterocycles. The van der Waals surface area contributed by atoms with Gasteiger partial charge in [-0.15, -0.1) is 0 Å². The Morgan fingerprint density at radius 2 is 1.94 bits per heavy atom. The second-order valence-corrected chi connectivity index (χ2v) is 9.17. The maximum absolute atomic E-state index is 10.6. The molecule has 0 spiro atoms. The number of aliphatic hydroxyl groups excluding tert-OH is 3. The van der Waals surface area contributed by atoms with Crippen LogP contribution in [0.4, 0.5) is 5.82 Å². The third-order valence-electron chi connectivity index (χ3n) is 6.64. The van der Waals surface area contributed by atoms with E-state index in [0.29, 0.717) is 36.1 Å². The Morgan fingerprint density at radius 3 is 2.67 bits per heavy atom. The highest BCUT2D eigenvalue weighted by Gasteiger charge is 2.44. The molecule has 2 aliphatic heterocycles. The summed E-state index contributed by atoms with van der Waals surface area (Å²) in [7, 11) is 0. The molecular weight excluding hydrogens is 466 g/mol. The lowest BCUT2D eigenvalue weighted by Crippen LogP contribution is -2.33. The number of fused-ring (bicyclic) bond motifs is 1. The van der Waals surface area contributed by atoms with Crippen LogP contribution in [-0.2, 0) is 9.47 Å². The summed E-state index contributed by atoms with van der Waals surface area (Å²) < 4.78 is 14.4. The summed E-state index contributed by atoms with van der Waals surface area (Å²) >= 11 is 0. The summed E-state index contributed by atoms with van der Waals surface area (Å²) in [5.41, 5.74) is 3.97. The smallest absolute Gasteiger partial charge is 0.254 e. The van der Waals surface area contributed by atoms with Crippen molar-refractivity contribution >= 4 is 17.0 Å². The van der Waals surface area contributed by atoms with E-state index in [1.54, 1.807) is 15.4 Å². The average molecular weight is 494 g/mol. The molecule has 0 saturated carbocycles. The molecule has 2 saturated heterocycles. The van der Waals surface area contributed by atoms with E-state index >= 15 is 0 Å². The Labute approximate surface area is 206 Å². The van der Waals surface area contributed by atoms with Gasteiger partial charge in [-0.2, -0.15) is 15.1 Å². The number of nitrogens with one attached hydrogen (secondary N) is 1. The molecule has 0 aliphatic carbocycles. The molecule has 2 aliphatic rings. The number of anilines is 1. The highest BCUT2D eigenvalue weighted by molar-refractivity contribution is 5.84. The summed E-state index contributed by atoms with van der Waals surface area (Å²) in [4.78, 5) is 13.9. The van der Waals surface area contributed by atoms with E-state index in [9.17, 15) is 15.3 Å². The maximum atomic E-state index is 10.6. The normalized spacial score (nSPS) is 26.2. The molecule has 12 heteroatoms. The van der Waals surface area contributed by atoms with Crippen molar-refractivity contribution in [3.05, 3.63) is 48.5 Å². The topological polar surface area (TPSA) is 153 Å². The number of aliphatic hydroxyl groups is 3. The first-order valence-corrected chi connectivity index (χ1v) is 11.8. The van der Waals surface area contributed by atoms with Crippen LogP contribution in [0.2, 0.25) is 0 Å². The van der Waals surface area contributed by atoms with E-state index in [2.05, 4.69) is 15.4 Å². The summed E-state index contributed by atoms with van der Waals surface area (Å²) in [6, 6.07) is 8.21. The number of hydrogen-bond acceptors (Lipinski definition) is 10. The summed E-state index contributed by atoms with van der Waals surface area (Å²) in [6.07, 6.45) is 1.51. The third-order valence-corrected chi connectivity index (χ3v) is 6.64. The Hall–Kier alpha value is -3.42. The van der Waals surface area contributed by atoms with E-state index in [-0.39, 0.29) is 6.04 Å². The lowest BCUT2D eigenvalue weighted by molar-refractivity contribution is -0.0511. The van der Waals surface area contributed by atoms with Gasteiger partial charge in [-0.05, 0) is 18.9 Å². The van der Waals surface area contributed by atoms with Crippen molar-refractivity contribution in [2.75, 3.05) is 25.1 Å². The highest BCUT2D eigenvalue weighted by atomic mass is 16.6. The predicted octanol–water partition coefficient (Wildman–Crippen LogP) is 0.800. The first-order valence-electron chi connectivity index (χ1n) is 11.8. The maximum Gasteiger partial charge on any atom is 0.254 e. The van der Waals surface area contributed by atoms with E-state index in [1.807, 2.05) is 37.4 Å². The lowest BCUT2D eigenvalue weighted by Gasteiger charge is -2.17. The van der Waals surface area contributed by atoms with Gasteiger partial charge in [-0.25, -0.2) is 9.67 Å². The largest absolute Gasteiger partial charge is 0.394 e. The van der Waals surface area contributed by atoms with Crippen LogP contribution in [0, 0.1) is 6.92 Å². The van der Waals surface area contributed by atoms with Crippen LogP contribution in [0.5, 0.6) is 0 Å².